The van der Waals surface area contributed by atoms with Crippen molar-refractivity contribution in [1.29, 1.82) is 0 Å². The lowest BCUT2D eigenvalue weighted by Gasteiger charge is -2.03. The molecule has 2 heterocycles. The van der Waals surface area contributed by atoms with Crippen molar-refractivity contribution < 1.29 is 4.79 Å². The Hall–Kier alpha value is -1.96. The summed E-state index contributed by atoms with van der Waals surface area (Å²) in [7, 11) is 0. The van der Waals surface area contributed by atoms with Crippen molar-refractivity contribution >= 4 is 28.3 Å². The number of nitrogen functional groups attached to an aromatic ring is 1. The van der Waals surface area contributed by atoms with E-state index in [9.17, 15) is 4.79 Å². The molecule has 96 valence electrons. The second-order valence-corrected chi connectivity index (χ2v) is 4.69. The maximum Gasteiger partial charge on any atom is 0.247 e. The van der Waals surface area contributed by atoms with Crippen LogP contribution in [0.1, 0.15) is 17.2 Å². The van der Waals surface area contributed by atoms with E-state index in [-0.39, 0.29) is 12.5 Å². The normalized spacial score (nSPS) is 10.6. The van der Waals surface area contributed by atoms with Gasteiger partial charge < -0.3 is 5.73 Å². The molecule has 2 aromatic rings. The highest BCUT2D eigenvalue weighted by molar-refractivity contribution is 7.09. The summed E-state index contributed by atoms with van der Waals surface area (Å²) in [6, 6.07) is 0. The van der Waals surface area contributed by atoms with Crippen LogP contribution < -0.4 is 11.1 Å². The Morgan fingerprint density at radius 2 is 2.17 bits per heavy atom. The monoisotopic (exact) mass is 266 g/mol. The standard InChI is InChI=1S/C10H14N6OS/c1-5-9(11)6(2)16(14-5)4-8(17)13-10-12-7(3)15-18-10/h4,11H2,1-3H3,(H,12,13,15,17). The fourth-order valence-corrected chi connectivity index (χ4v) is 2.10. The maximum absolute atomic E-state index is 11.8. The molecule has 7 nitrogen and oxygen atoms in total. The van der Waals surface area contributed by atoms with Crippen LogP contribution in [-0.2, 0) is 11.3 Å². The number of nitrogens with one attached hydrogen (secondary N) is 1. The highest BCUT2D eigenvalue weighted by Gasteiger charge is 2.12. The first-order valence-corrected chi connectivity index (χ1v) is 6.14. The van der Waals surface area contributed by atoms with Crippen LogP contribution in [0.25, 0.3) is 0 Å². The topological polar surface area (TPSA) is 98.7 Å². The highest BCUT2D eigenvalue weighted by Crippen LogP contribution is 2.15. The fraction of sp³-hybridized carbons (Fsp3) is 0.400. The summed E-state index contributed by atoms with van der Waals surface area (Å²) >= 11 is 1.15. The van der Waals surface area contributed by atoms with Gasteiger partial charge in [0.05, 0.1) is 17.1 Å². The zero-order valence-electron chi connectivity index (χ0n) is 10.4. The first kappa shape index (κ1) is 12.5. The van der Waals surface area contributed by atoms with Crippen molar-refractivity contribution in [1.82, 2.24) is 19.1 Å². The van der Waals surface area contributed by atoms with Crippen molar-refractivity contribution in [2.75, 3.05) is 11.1 Å². The van der Waals surface area contributed by atoms with Crippen molar-refractivity contribution in [3.05, 3.63) is 17.2 Å². The predicted molar refractivity (Wildman–Crippen MR) is 69.4 cm³/mol. The van der Waals surface area contributed by atoms with Gasteiger partial charge in [-0.1, -0.05) is 0 Å². The van der Waals surface area contributed by atoms with E-state index in [0.29, 0.717) is 16.6 Å². The van der Waals surface area contributed by atoms with Gasteiger partial charge in [0.1, 0.15) is 12.4 Å². The number of hydrogen-bond donors (Lipinski definition) is 2. The molecule has 0 aliphatic heterocycles. The molecule has 3 N–H and O–H groups in total. The zero-order chi connectivity index (χ0) is 13.3. The van der Waals surface area contributed by atoms with Gasteiger partial charge in [0, 0.05) is 11.5 Å². The van der Waals surface area contributed by atoms with Gasteiger partial charge in [-0.15, -0.1) is 0 Å². The lowest BCUT2D eigenvalue weighted by molar-refractivity contribution is -0.116. The van der Waals surface area contributed by atoms with E-state index in [4.69, 9.17) is 5.73 Å². The van der Waals surface area contributed by atoms with Gasteiger partial charge in [-0.05, 0) is 20.8 Å². The third-order valence-corrected chi connectivity index (χ3v) is 3.23. The van der Waals surface area contributed by atoms with Crippen LogP contribution in [-0.4, -0.2) is 25.0 Å². The van der Waals surface area contributed by atoms with Gasteiger partial charge in [-0.25, -0.2) is 4.98 Å². The van der Waals surface area contributed by atoms with Crippen LogP contribution in [0.5, 0.6) is 0 Å². The van der Waals surface area contributed by atoms with Crippen LogP contribution in [0.4, 0.5) is 10.8 Å². The lowest BCUT2D eigenvalue weighted by Crippen LogP contribution is -2.20. The van der Waals surface area contributed by atoms with Crippen molar-refractivity contribution in [2.45, 2.75) is 27.3 Å². The van der Waals surface area contributed by atoms with Crippen LogP contribution in [0.15, 0.2) is 0 Å². The molecule has 0 aromatic carbocycles. The zero-order valence-corrected chi connectivity index (χ0v) is 11.2. The largest absolute Gasteiger partial charge is 0.396 e. The Kier molecular flexibility index (Phi) is 3.28. The molecule has 0 aliphatic carbocycles. The number of nitrogens with zero attached hydrogens (tertiary/aromatic N) is 4. The number of aromatic nitrogens is 4. The van der Waals surface area contributed by atoms with Crippen molar-refractivity contribution in [3.63, 3.8) is 0 Å². The summed E-state index contributed by atoms with van der Waals surface area (Å²) in [5.74, 6) is 0.447. The van der Waals surface area contributed by atoms with Gasteiger partial charge in [0.25, 0.3) is 0 Å². The quantitative estimate of drug-likeness (QED) is 0.859. The molecule has 0 fully saturated rings. The number of carbonyl (C=O) groups excluding carboxylic acids is 1. The number of carbonyl (C=O) groups is 1. The van der Waals surface area contributed by atoms with E-state index < -0.39 is 0 Å². The molecule has 0 bridgehead atoms. The summed E-state index contributed by atoms with van der Waals surface area (Å²) in [6.45, 7) is 5.53. The summed E-state index contributed by atoms with van der Waals surface area (Å²) in [5, 5.41) is 7.36. The molecule has 0 unspecified atom stereocenters. The van der Waals surface area contributed by atoms with Gasteiger partial charge in [-0.3, -0.25) is 14.8 Å². The minimum atomic E-state index is -0.197. The van der Waals surface area contributed by atoms with Crippen LogP contribution in [0, 0.1) is 20.8 Å². The maximum atomic E-state index is 11.8. The van der Waals surface area contributed by atoms with E-state index in [0.717, 1.165) is 22.9 Å². The molecule has 0 atom stereocenters. The van der Waals surface area contributed by atoms with E-state index in [1.807, 2.05) is 13.8 Å². The van der Waals surface area contributed by atoms with E-state index in [1.165, 1.54) is 0 Å². The van der Waals surface area contributed by atoms with Gasteiger partial charge >= 0.3 is 0 Å². The van der Waals surface area contributed by atoms with Crippen LogP contribution in [0.3, 0.4) is 0 Å². The number of aryl methyl sites for hydroxylation is 2. The predicted octanol–water partition coefficient (Wildman–Crippen LogP) is 0.881. The minimum Gasteiger partial charge on any atom is -0.396 e. The number of anilines is 2. The Morgan fingerprint density at radius 3 is 2.67 bits per heavy atom. The van der Waals surface area contributed by atoms with Crippen molar-refractivity contribution in [2.24, 2.45) is 0 Å². The average molecular weight is 266 g/mol. The molecule has 0 radical (unpaired) electrons. The summed E-state index contributed by atoms with van der Waals surface area (Å²) in [5.41, 5.74) is 7.94. The Bertz CT molecular complexity index is 587. The molecule has 0 spiro atoms. The molecular weight excluding hydrogens is 252 g/mol. The van der Waals surface area contributed by atoms with Crippen LogP contribution >= 0.6 is 11.5 Å². The highest BCUT2D eigenvalue weighted by atomic mass is 32.1. The van der Waals surface area contributed by atoms with Gasteiger partial charge in [0.15, 0.2) is 0 Å². The molecule has 0 saturated heterocycles. The number of hydrogen-bond acceptors (Lipinski definition) is 6. The number of amides is 1. The average Bonchev–Trinajstić information content (AvgIpc) is 2.80. The van der Waals surface area contributed by atoms with Crippen LogP contribution in [0.2, 0.25) is 0 Å². The fourth-order valence-electron chi connectivity index (χ4n) is 1.51. The molecule has 18 heavy (non-hydrogen) atoms. The Balaban J connectivity index is 2.05. The minimum absolute atomic E-state index is 0.114. The first-order chi connectivity index (χ1) is 8.47. The molecule has 2 aromatic heterocycles. The molecule has 0 saturated carbocycles. The summed E-state index contributed by atoms with van der Waals surface area (Å²) in [6.07, 6.45) is 0. The molecule has 1 amide bonds. The molecule has 8 heteroatoms. The van der Waals surface area contributed by atoms with E-state index >= 15 is 0 Å². The first-order valence-electron chi connectivity index (χ1n) is 5.37. The van der Waals surface area contributed by atoms with Crippen molar-refractivity contribution in [3.8, 4) is 0 Å². The molecule has 0 aliphatic rings. The third-order valence-electron chi connectivity index (χ3n) is 2.50. The second-order valence-electron chi connectivity index (χ2n) is 3.94. The molecule has 2 rings (SSSR count). The Labute approximate surface area is 108 Å². The molecular formula is C10H14N6OS. The smallest absolute Gasteiger partial charge is 0.247 e. The number of nitrogens with two attached hydrogens (primary N) is 1. The van der Waals surface area contributed by atoms with E-state index in [1.54, 1.807) is 11.6 Å². The summed E-state index contributed by atoms with van der Waals surface area (Å²) in [4.78, 5) is 15.8. The SMILES string of the molecule is Cc1nsc(NC(=O)Cn2nc(C)c(N)c2C)n1. The van der Waals surface area contributed by atoms with E-state index in [2.05, 4.69) is 19.8 Å². The summed E-state index contributed by atoms with van der Waals surface area (Å²) < 4.78 is 5.56. The van der Waals surface area contributed by atoms with Gasteiger partial charge in [0.2, 0.25) is 11.0 Å². The van der Waals surface area contributed by atoms with Gasteiger partial charge in [-0.2, -0.15) is 9.47 Å². The third kappa shape index (κ3) is 2.48. The lowest BCUT2D eigenvalue weighted by atomic mass is 10.3. The Morgan fingerprint density at radius 1 is 1.44 bits per heavy atom. The number of rotatable bonds is 3. The second kappa shape index (κ2) is 4.73.